The Morgan fingerprint density at radius 1 is 1.44 bits per heavy atom. The van der Waals surface area contributed by atoms with Crippen molar-refractivity contribution in [3.05, 3.63) is 23.5 Å². The van der Waals surface area contributed by atoms with Gasteiger partial charge >= 0.3 is 0 Å². The molecule has 8 nitrogen and oxygen atoms in total. The Balaban J connectivity index is 1.70. The van der Waals surface area contributed by atoms with Crippen LogP contribution >= 0.6 is 0 Å². The number of anilines is 1. The summed E-state index contributed by atoms with van der Waals surface area (Å²) < 4.78 is 6.97. The van der Waals surface area contributed by atoms with Crippen LogP contribution in [0.4, 0.5) is 5.82 Å². The van der Waals surface area contributed by atoms with Crippen molar-refractivity contribution in [2.45, 2.75) is 65.6 Å². The smallest absolute Gasteiger partial charge is 0.242 e. The van der Waals surface area contributed by atoms with E-state index in [4.69, 9.17) is 4.52 Å². The van der Waals surface area contributed by atoms with Crippen LogP contribution < -0.4 is 5.32 Å². The van der Waals surface area contributed by atoms with Crippen LogP contribution in [0.1, 0.15) is 43.6 Å². The number of hydrogen-bond acceptors (Lipinski definition) is 6. The maximum Gasteiger partial charge on any atom is 0.242 e. The van der Waals surface area contributed by atoms with Gasteiger partial charge in [0, 0.05) is 12.1 Å². The zero-order chi connectivity index (χ0) is 18.0. The van der Waals surface area contributed by atoms with Crippen molar-refractivity contribution in [2.24, 2.45) is 0 Å². The molecule has 0 spiro atoms. The average molecular weight is 346 g/mol. The van der Waals surface area contributed by atoms with Gasteiger partial charge in [0.25, 0.3) is 0 Å². The summed E-state index contributed by atoms with van der Waals surface area (Å²) in [5.41, 5.74) is 0. The third-order valence-corrected chi connectivity index (χ3v) is 4.74. The lowest BCUT2D eigenvalue weighted by atomic mass is 10.1. The summed E-state index contributed by atoms with van der Waals surface area (Å²) in [6.45, 7) is 9.40. The van der Waals surface area contributed by atoms with Gasteiger partial charge in [-0.05, 0) is 46.6 Å². The number of carbonyl (C=O) groups is 1. The van der Waals surface area contributed by atoms with E-state index in [1.807, 2.05) is 25.5 Å². The Kier molecular flexibility index (Phi) is 5.17. The van der Waals surface area contributed by atoms with Crippen molar-refractivity contribution in [1.29, 1.82) is 0 Å². The summed E-state index contributed by atoms with van der Waals surface area (Å²) in [5.74, 6) is 2.82. The predicted octanol–water partition coefficient (Wildman–Crippen LogP) is 2.07. The van der Waals surface area contributed by atoms with Gasteiger partial charge in [-0.15, -0.1) is 0 Å². The minimum absolute atomic E-state index is 0.0332. The molecular weight excluding hydrogens is 320 g/mol. The molecule has 8 heteroatoms. The number of aromatic nitrogens is 4. The van der Waals surface area contributed by atoms with Crippen LogP contribution in [0.25, 0.3) is 0 Å². The molecule has 2 atom stereocenters. The van der Waals surface area contributed by atoms with Gasteiger partial charge < -0.3 is 9.84 Å². The third-order valence-electron chi connectivity index (χ3n) is 4.74. The maximum absolute atomic E-state index is 12.7. The first-order valence-electron chi connectivity index (χ1n) is 8.86. The van der Waals surface area contributed by atoms with Gasteiger partial charge in [-0.3, -0.25) is 9.69 Å². The lowest BCUT2D eigenvalue weighted by Crippen LogP contribution is -2.47. The lowest BCUT2D eigenvalue weighted by molar-refractivity contribution is -0.122. The molecule has 1 N–H and O–H groups in total. The van der Waals surface area contributed by atoms with Gasteiger partial charge in [0.1, 0.15) is 17.4 Å². The van der Waals surface area contributed by atoms with E-state index in [2.05, 4.69) is 25.5 Å². The molecule has 3 rings (SSSR count). The Morgan fingerprint density at radius 3 is 2.84 bits per heavy atom. The van der Waals surface area contributed by atoms with Crippen LogP contribution in [-0.2, 0) is 11.3 Å². The van der Waals surface area contributed by atoms with E-state index in [0.717, 1.165) is 44.0 Å². The predicted molar refractivity (Wildman–Crippen MR) is 93.2 cm³/mol. The Hall–Kier alpha value is -2.22. The van der Waals surface area contributed by atoms with Crippen LogP contribution in [0.3, 0.4) is 0 Å². The minimum Gasteiger partial charge on any atom is -0.360 e. The molecule has 1 fully saturated rings. The Labute approximate surface area is 147 Å². The molecule has 1 aliphatic rings. The summed E-state index contributed by atoms with van der Waals surface area (Å²) in [4.78, 5) is 19.4. The molecule has 0 unspecified atom stereocenters. The summed E-state index contributed by atoms with van der Waals surface area (Å²) >= 11 is 0. The largest absolute Gasteiger partial charge is 0.360 e. The lowest BCUT2D eigenvalue weighted by Gasteiger charge is -2.31. The molecule has 0 saturated carbocycles. The van der Waals surface area contributed by atoms with Crippen LogP contribution in [0.2, 0.25) is 0 Å². The third kappa shape index (κ3) is 3.89. The zero-order valence-electron chi connectivity index (χ0n) is 15.3. The average Bonchev–Trinajstić information content (AvgIpc) is 3.24. The summed E-state index contributed by atoms with van der Waals surface area (Å²) in [7, 11) is 0. The molecule has 25 heavy (non-hydrogen) atoms. The topological polar surface area (TPSA) is 89.1 Å². The molecule has 2 aromatic rings. The fourth-order valence-electron chi connectivity index (χ4n) is 3.60. The van der Waals surface area contributed by atoms with E-state index < -0.39 is 0 Å². The summed E-state index contributed by atoms with van der Waals surface area (Å²) in [6, 6.07) is 1.83. The van der Waals surface area contributed by atoms with Crippen molar-refractivity contribution in [2.75, 3.05) is 11.9 Å². The normalized spacial score (nSPS) is 19.3. The van der Waals surface area contributed by atoms with E-state index >= 15 is 0 Å². The van der Waals surface area contributed by atoms with Gasteiger partial charge in [0.2, 0.25) is 5.91 Å². The van der Waals surface area contributed by atoms with Crippen molar-refractivity contribution in [3.63, 3.8) is 0 Å². The Morgan fingerprint density at radius 2 is 2.24 bits per heavy atom. The maximum atomic E-state index is 12.7. The quantitative estimate of drug-likeness (QED) is 0.861. The molecule has 0 aliphatic carbocycles. The molecule has 0 bridgehead atoms. The highest BCUT2D eigenvalue weighted by Gasteiger charge is 2.34. The number of amides is 1. The summed E-state index contributed by atoms with van der Waals surface area (Å²) in [5, 5.41) is 11.2. The standard InChI is InChI=1S/C17H26N6O2/c1-5-15(17(24)19-16-9-11(2)25-21-16)22-8-6-7-14(22)10-23-13(4)18-12(3)20-23/h9,14-15H,5-8,10H2,1-4H3,(H,19,21,24)/t14-,15+/m0/s1. The van der Waals surface area contributed by atoms with Crippen LogP contribution in [0.5, 0.6) is 0 Å². The van der Waals surface area contributed by atoms with Crippen molar-refractivity contribution in [1.82, 2.24) is 24.8 Å². The zero-order valence-corrected chi connectivity index (χ0v) is 15.3. The second-order valence-electron chi connectivity index (χ2n) is 6.66. The molecule has 0 aromatic carbocycles. The molecule has 1 amide bonds. The first-order valence-corrected chi connectivity index (χ1v) is 8.86. The van der Waals surface area contributed by atoms with E-state index in [1.54, 1.807) is 13.0 Å². The number of carbonyl (C=O) groups excluding carboxylic acids is 1. The first kappa shape index (κ1) is 17.6. The van der Waals surface area contributed by atoms with Crippen LogP contribution in [0.15, 0.2) is 10.6 Å². The second kappa shape index (κ2) is 7.35. The van der Waals surface area contributed by atoms with Gasteiger partial charge in [-0.1, -0.05) is 12.1 Å². The molecule has 2 aromatic heterocycles. The first-order chi connectivity index (χ1) is 12.0. The number of likely N-dealkylation sites (tertiary alicyclic amines) is 1. The highest BCUT2D eigenvalue weighted by Crippen LogP contribution is 2.24. The molecular formula is C17H26N6O2. The van der Waals surface area contributed by atoms with E-state index in [9.17, 15) is 4.79 Å². The minimum atomic E-state index is -0.186. The fourth-order valence-corrected chi connectivity index (χ4v) is 3.60. The van der Waals surface area contributed by atoms with Crippen LogP contribution in [-0.4, -0.2) is 49.4 Å². The number of hydrogen-bond donors (Lipinski definition) is 1. The SMILES string of the molecule is CC[C@H](C(=O)Nc1cc(C)on1)N1CCC[C@H]1Cn1nc(C)nc1C. The molecule has 1 saturated heterocycles. The summed E-state index contributed by atoms with van der Waals surface area (Å²) in [6.07, 6.45) is 2.89. The van der Waals surface area contributed by atoms with E-state index in [-0.39, 0.29) is 18.0 Å². The number of aryl methyl sites for hydroxylation is 3. The highest BCUT2D eigenvalue weighted by molar-refractivity contribution is 5.94. The monoisotopic (exact) mass is 346 g/mol. The van der Waals surface area contributed by atoms with Crippen molar-refractivity contribution in [3.8, 4) is 0 Å². The van der Waals surface area contributed by atoms with Gasteiger partial charge in [-0.25, -0.2) is 9.67 Å². The van der Waals surface area contributed by atoms with Crippen molar-refractivity contribution >= 4 is 11.7 Å². The van der Waals surface area contributed by atoms with Gasteiger partial charge in [-0.2, -0.15) is 5.10 Å². The van der Waals surface area contributed by atoms with Gasteiger partial charge in [0.05, 0.1) is 12.6 Å². The van der Waals surface area contributed by atoms with E-state index in [1.165, 1.54) is 0 Å². The molecule has 1 aliphatic heterocycles. The number of rotatable bonds is 6. The highest BCUT2D eigenvalue weighted by atomic mass is 16.5. The van der Waals surface area contributed by atoms with Crippen LogP contribution in [0, 0.1) is 20.8 Å². The number of nitrogens with zero attached hydrogens (tertiary/aromatic N) is 5. The Bertz CT molecular complexity index is 737. The number of nitrogens with one attached hydrogen (secondary N) is 1. The molecule has 136 valence electrons. The fraction of sp³-hybridized carbons (Fsp3) is 0.647. The van der Waals surface area contributed by atoms with Crippen molar-refractivity contribution < 1.29 is 9.32 Å². The van der Waals surface area contributed by atoms with E-state index in [0.29, 0.717) is 11.6 Å². The second-order valence-corrected chi connectivity index (χ2v) is 6.66. The molecule has 3 heterocycles. The molecule has 0 radical (unpaired) electrons. The van der Waals surface area contributed by atoms with Gasteiger partial charge in [0.15, 0.2) is 5.82 Å².